The molecule has 2 aromatic carbocycles. The summed E-state index contributed by atoms with van der Waals surface area (Å²) >= 11 is 4.80. The first-order chi connectivity index (χ1) is 9.94. The fourth-order valence-electron chi connectivity index (χ4n) is 1.58. The molecule has 0 radical (unpaired) electrons. The minimum absolute atomic E-state index is 0.0537. The number of hydrogen-bond acceptors (Lipinski definition) is 4. The number of nitrogen functional groups attached to an aromatic ring is 1. The summed E-state index contributed by atoms with van der Waals surface area (Å²) in [5, 5.41) is 0. The molecule has 0 aliphatic heterocycles. The van der Waals surface area contributed by atoms with Crippen LogP contribution in [-0.2, 0) is 10.0 Å². The molecular weight excluding hydrogens is 372 g/mol. The zero-order chi connectivity index (χ0) is 15.3. The van der Waals surface area contributed by atoms with Crippen LogP contribution >= 0.6 is 27.7 Å². The Bertz CT molecular complexity index is 686. The van der Waals surface area contributed by atoms with Crippen molar-refractivity contribution in [3.63, 3.8) is 0 Å². The van der Waals surface area contributed by atoms with E-state index in [-0.39, 0.29) is 5.75 Å². The maximum atomic E-state index is 12.0. The van der Waals surface area contributed by atoms with E-state index in [2.05, 4.69) is 20.7 Å². The minimum atomic E-state index is -3.34. The lowest BCUT2D eigenvalue weighted by Crippen LogP contribution is -2.18. The van der Waals surface area contributed by atoms with Crippen LogP contribution in [-0.4, -0.2) is 19.9 Å². The zero-order valence-electron chi connectivity index (χ0n) is 11.1. The SMILES string of the molecule is Nc1ccc(SCCS(=O)(=O)Nc2ccc(Br)cc2)cc1. The zero-order valence-corrected chi connectivity index (χ0v) is 14.3. The predicted molar refractivity (Wildman–Crippen MR) is 93.1 cm³/mol. The van der Waals surface area contributed by atoms with Gasteiger partial charge >= 0.3 is 0 Å². The van der Waals surface area contributed by atoms with Crippen molar-refractivity contribution in [1.29, 1.82) is 0 Å². The van der Waals surface area contributed by atoms with E-state index in [0.29, 0.717) is 17.1 Å². The van der Waals surface area contributed by atoms with E-state index in [9.17, 15) is 8.42 Å². The van der Waals surface area contributed by atoms with E-state index in [0.717, 1.165) is 9.37 Å². The number of nitrogens with one attached hydrogen (secondary N) is 1. The van der Waals surface area contributed by atoms with Gasteiger partial charge in [-0.2, -0.15) is 0 Å². The second kappa shape index (κ2) is 7.20. The molecule has 4 nitrogen and oxygen atoms in total. The number of anilines is 2. The molecule has 0 aliphatic rings. The maximum absolute atomic E-state index is 12.0. The number of halogens is 1. The lowest BCUT2D eigenvalue weighted by atomic mass is 10.3. The van der Waals surface area contributed by atoms with E-state index in [4.69, 9.17) is 5.73 Å². The number of nitrogens with two attached hydrogens (primary N) is 1. The van der Waals surface area contributed by atoms with Gasteiger partial charge in [0, 0.05) is 26.5 Å². The highest BCUT2D eigenvalue weighted by molar-refractivity contribution is 9.10. The molecule has 7 heteroatoms. The number of thioether (sulfide) groups is 1. The fourth-order valence-corrected chi connectivity index (χ4v) is 4.22. The maximum Gasteiger partial charge on any atom is 0.233 e. The molecule has 2 rings (SSSR count). The summed E-state index contributed by atoms with van der Waals surface area (Å²) in [6.45, 7) is 0. The lowest BCUT2D eigenvalue weighted by Gasteiger charge is -2.08. The molecule has 0 saturated heterocycles. The highest BCUT2D eigenvalue weighted by atomic mass is 79.9. The molecule has 0 bridgehead atoms. The summed E-state index contributed by atoms with van der Waals surface area (Å²) in [4.78, 5) is 1.00. The van der Waals surface area contributed by atoms with Crippen LogP contribution in [0.2, 0.25) is 0 Å². The highest BCUT2D eigenvalue weighted by Crippen LogP contribution is 2.20. The Labute approximate surface area is 137 Å². The van der Waals surface area contributed by atoms with E-state index in [1.807, 2.05) is 12.1 Å². The van der Waals surface area contributed by atoms with Gasteiger partial charge in [-0.1, -0.05) is 15.9 Å². The first kappa shape index (κ1) is 16.2. The Kier molecular flexibility index (Phi) is 5.55. The Morgan fingerprint density at radius 1 is 1.05 bits per heavy atom. The number of hydrogen-bond donors (Lipinski definition) is 2. The Morgan fingerprint density at radius 2 is 1.67 bits per heavy atom. The normalized spacial score (nSPS) is 11.3. The van der Waals surface area contributed by atoms with Crippen LogP contribution in [0.4, 0.5) is 11.4 Å². The average Bonchev–Trinajstić information content (AvgIpc) is 2.43. The topological polar surface area (TPSA) is 72.2 Å². The summed E-state index contributed by atoms with van der Waals surface area (Å²) in [5.41, 5.74) is 6.87. The first-order valence-corrected chi connectivity index (χ1v) is 9.62. The van der Waals surface area contributed by atoms with Crippen LogP contribution in [0.1, 0.15) is 0 Å². The molecule has 0 fully saturated rings. The third-order valence-electron chi connectivity index (χ3n) is 2.62. The molecule has 112 valence electrons. The van der Waals surface area contributed by atoms with Gasteiger partial charge < -0.3 is 5.73 Å². The molecule has 0 amide bonds. The van der Waals surface area contributed by atoms with Crippen molar-refractivity contribution in [2.75, 3.05) is 22.0 Å². The lowest BCUT2D eigenvalue weighted by molar-refractivity contribution is 0.602. The molecule has 21 heavy (non-hydrogen) atoms. The van der Waals surface area contributed by atoms with Gasteiger partial charge in [0.25, 0.3) is 0 Å². The fraction of sp³-hybridized carbons (Fsp3) is 0.143. The molecule has 0 aliphatic carbocycles. The standard InChI is InChI=1S/C14H15BrN2O2S2/c15-11-1-5-13(6-2-11)17-21(18,19)10-9-20-14-7-3-12(16)4-8-14/h1-8,17H,9-10,16H2. The Morgan fingerprint density at radius 3 is 2.29 bits per heavy atom. The van der Waals surface area contributed by atoms with Crippen LogP contribution in [0.15, 0.2) is 57.9 Å². The van der Waals surface area contributed by atoms with Gasteiger partial charge in [0.15, 0.2) is 0 Å². The van der Waals surface area contributed by atoms with E-state index < -0.39 is 10.0 Å². The van der Waals surface area contributed by atoms with Gasteiger partial charge in [-0.25, -0.2) is 8.42 Å². The third-order valence-corrected chi connectivity index (χ3v) is 5.71. The van der Waals surface area contributed by atoms with Gasteiger partial charge in [0.1, 0.15) is 0 Å². The molecule has 0 saturated carbocycles. The van der Waals surface area contributed by atoms with Gasteiger partial charge in [-0.05, 0) is 48.5 Å². The van der Waals surface area contributed by atoms with Crippen LogP contribution < -0.4 is 10.5 Å². The van der Waals surface area contributed by atoms with Crippen LogP contribution in [0.25, 0.3) is 0 Å². The Balaban J connectivity index is 1.86. The van der Waals surface area contributed by atoms with Crippen molar-refractivity contribution in [3.8, 4) is 0 Å². The van der Waals surface area contributed by atoms with Gasteiger partial charge in [-0.15, -0.1) is 11.8 Å². The minimum Gasteiger partial charge on any atom is -0.399 e. The summed E-state index contributed by atoms with van der Waals surface area (Å²) in [7, 11) is -3.34. The third kappa shape index (κ3) is 5.61. The molecule has 0 aromatic heterocycles. The first-order valence-electron chi connectivity index (χ1n) is 6.19. The van der Waals surface area contributed by atoms with Crippen molar-refractivity contribution < 1.29 is 8.42 Å². The Hall–Kier alpha value is -1.18. The van der Waals surface area contributed by atoms with Crippen molar-refractivity contribution in [2.24, 2.45) is 0 Å². The second-order valence-corrected chi connectivity index (χ2v) is 8.27. The van der Waals surface area contributed by atoms with Gasteiger partial charge in [-0.3, -0.25) is 4.72 Å². The summed E-state index contributed by atoms with van der Waals surface area (Å²) in [5.74, 6) is 0.536. The summed E-state index contributed by atoms with van der Waals surface area (Å²) in [6.07, 6.45) is 0. The van der Waals surface area contributed by atoms with Gasteiger partial charge in [0.05, 0.1) is 5.75 Å². The molecule has 0 heterocycles. The number of rotatable bonds is 6. The molecule has 0 unspecified atom stereocenters. The highest BCUT2D eigenvalue weighted by Gasteiger charge is 2.10. The van der Waals surface area contributed by atoms with E-state index >= 15 is 0 Å². The van der Waals surface area contributed by atoms with Crippen LogP contribution in [0.3, 0.4) is 0 Å². The van der Waals surface area contributed by atoms with E-state index in [1.54, 1.807) is 36.4 Å². The molecule has 0 atom stereocenters. The molecule has 3 N–H and O–H groups in total. The van der Waals surface area contributed by atoms with Crippen molar-refractivity contribution in [2.45, 2.75) is 4.90 Å². The van der Waals surface area contributed by atoms with Gasteiger partial charge in [0.2, 0.25) is 10.0 Å². The average molecular weight is 387 g/mol. The monoisotopic (exact) mass is 386 g/mol. The smallest absolute Gasteiger partial charge is 0.233 e. The molecule has 0 spiro atoms. The number of benzene rings is 2. The van der Waals surface area contributed by atoms with Crippen LogP contribution in [0, 0.1) is 0 Å². The van der Waals surface area contributed by atoms with Crippen molar-refractivity contribution in [1.82, 2.24) is 0 Å². The van der Waals surface area contributed by atoms with Crippen LogP contribution in [0.5, 0.6) is 0 Å². The predicted octanol–water partition coefficient (Wildman–Crippen LogP) is 3.57. The summed E-state index contributed by atoms with van der Waals surface area (Å²) < 4.78 is 27.4. The van der Waals surface area contributed by atoms with E-state index in [1.165, 1.54) is 11.8 Å². The van der Waals surface area contributed by atoms with Crippen molar-refractivity contribution >= 4 is 49.1 Å². The molecule has 2 aromatic rings. The van der Waals surface area contributed by atoms with Crippen molar-refractivity contribution in [3.05, 3.63) is 53.0 Å². The molecular formula is C14H15BrN2O2S2. The largest absolute Gasteiger partial charge is 0.399 e. The summed E-state index contributed by atoms with van der Waals surface area (Å²) in [6, 6.07) is 14.4. The number of sulfonamides is 1. The second-order valence-electron chi connectivity index (χ2n) is 4.35. The quantitative estimate of drug-likeness (QED) is 0.587.